The second-order valence-electron chi connectivity index (χ2n) is 3.78. The van der Waals surface area contributed by atoms with Gasteiger partial charge in [-0.2, -0.15) is 0 Å². The van der Waals surface area contributed by atoms with Crippen molar-refractivity contribution >= 4 is 15.9 Å². The molecule has 0 fully saturated rings. The Labute approximate surface area is 109 Å². The fraction of sp³-hybridized carbons (Fsp3) is 0.500. The van der Waals surface area contributed by atoms with Crippen LogP contribution in [0.2, 0.25) is 0 Å². The minimum atomic E-state index is -0.675. The molecule has 4 nitrogen and oxygen atoms in total. The minimum Gasteiger partial charge on any atom is -0.490 e. The van der Waals surface area contributed by atoms with Crippen LogP contribution in [-0.4, -0.2) is 36.6 Å². The summed E-state index contributed by atoms with van der Waals surface area (Å²) in [5.41, 5.74) is 0.684. The number of aliphatic hydroxyl groups excluding tert-OH is 2. The molecule has 0 saturated carbocycles. The lowest BCUT2D eigenvalue weighted by atomic mass is 10.1. The van der Waals surface area contributed by atoms with E-state index < -0.39 is 12.2 Å². The summed E-state index contributed by atoms with van der Waals surface area (Å²) in [6.45, 7) is 2.02. The Kier molecular flexibility index (Phi) is 5.91. The molecular weight excluding hydrogens is 288 g/mol. The van der Waals surface area contributed by atoms with Gasteiger partial charge in [-0.25, -0.2) is 0 Å². The van der Waals surface area contributed by atoms with Crippen LogP contribution >= 0.6 is 15.9 Å². The van der Waals surface area contributed by atoms with Crippen molar-refractivity contribution in [2.24, 2.45) is 0 Å². The summed E-state index contributed by atoms with van der Waals surface area (Å²) in [5.74, 6) is 0.568. The first-order valence-electron chi connectivity index (χ1n) is 5.32. The molecule has 5 heteroatoms. The maximum absolute atomic E-state index is 9.61. The molecule has 1 aromatic carbocycles. The standard InChI is InChI=1S/C12H17BrO4/c1-8(14)11-5-9(13)3-4-12(11)17-7-10(15)6-16-2/h3-5,8,10,14-15H,6-7H2,1-2H3/t8-,10?/m1/s1. The molecule has 1 rings (SSSR count). The van der Waals surface area contributed by atoms with E-state index in [1.54, 1.807) is 19.1 Å². The summed E-state index contributed by atoms with van der Waals surface area (Å²) in [7, 11) is 1.52. The van der Waals surface area contributed by atoms with Gasteiger partial charge in [0, 0.05) is 17.1 Å². The molecule has 2 atom stereocenters. The number of rotatable bonds is 6. The van der Waals surface area contributed by atoms with Crippen molar-refractivity contribution < 1.29 is 19.7 Å². The highest BCUT2D eigenvalue weighted by Gasteiger charge is 2.11. The highest BCUT2D eigenvalue weighted by Crippen LogP contribution is 2.28. The summed E-state index contributed by atoms with van der Waals surface area (Å²) in [6.07, 6.45) is -1.30. The molecule has 96 valence electrons. The van der Waals surface area contributed by atoms with Crippen LogP contribution in [0.5, 0.6) is 5.75 Å². The van der Waals surface area contributed by atoms with Gasteiger partial charge in [0.15, 0.2) is 0 Å². The second-order valence-corrected chi connectivity index (χ2v) is 4.69. The molecule has 0 heterocycles. The van der Waals surface area contributed by atoms with Crippen molar-refractivity contribution in [1.82, 2.24) is 0 Å². The first-order valence-corrected chi connectivity index (χ1v) is 6.11. The van der Waals surface area contributed by atoms with Gasteiger partial charge in [0.05, 0.1) is 12.7 Å². The molecule has 0 aliphatic rings. The van der Waals surface area contributed by atoms with Gasteiger partial charge in [0.1, 0.15) is 18.5 Å². The Hall–Kier alpha value is -0.620. The molecule has 0 bridgehead atoms. The number of aliphatic hydroxyl groups is 2. The van der Waals surface area contributed by atoms with Crippen molar-refractivity contribution in [3.05, 3.63) is 28.2 Å². The Bertz CT molecular complexity index is 354. The van der Waals surface area contributed by atoms with Gasteiger partial charge in [-0.15, -0.1) is 0 Å². The average molecular weight is 305 g/mol. The van der Waals surface area contributed by atoms with Crippen LogP contribution in [0.25, 0.3) is 0 Å². The zero-order chi connectivity index (χ0) is 12.8. The van der Waals surface area contributed by atoms with Gasteiger partial charge in [-0.3, -0.25) is 0 Å². The quantitative estimate of drug-likeness (QED) is 0.842. The molecule has 1 unspecified atom stereocenters. The maximum atomic E-state index is 9.61. The van der Waals surface area contributed by atoms with Crippen molar-refractivity contribution in [1.29, 1.82) is 0 Å². The molecule has 0 amide bonds. The van der Waals surface area contributed by atoms with Crippen molar-refractivity contribution in [2.75, 3.05) is 20.3 Å². The predicted octanol–water partition coefficient (Wildman–Crippen LogP) is 1.89. The lowest BCUT2D eigenvalue weighted by Gasteiger charge is -2.16. The van der Waals surface area contributed by atoms with E-state index in [0.717, 1.165) is 4.47 Å². The Morgan fingerprint density at radius 1 is 1.29 bits per heavy atom. The van der Waals surface area contributed by atoms with Gasteiger partial charge in [0.2, 0.25) is 0 Å². The van der Waals surface area contributed by atoms with Crippen LogP contribution in [0.15, 0.2) is 22.7 Å². The van der Waals surface area contributed by atoms with Crippen LogP contribution < -0.4 is 4.74 Å². The van der Waals surface area contributed by atoms with Crippen molar-refractivity contribution in [3.8, 4) is 5.75 Å². The first-order chi connectivity index (χ1) is 8.04. The SMILES string of the molecule is COCC(O)COc1ccc(Br)cc1[C@@H](C)O. The highest BCUT2D eigenvalue weighted by molar-refractivity contribution is 9.10. The molecule has 0 aliphatic heterocycles. The largest absolute Gasteiger partial charge is 0.490 e. The zero-order valence-corrected chi connectivity index (χ0v) is 11.5. The third-order valence-electron chi connectivity index (χ3n) is 2.21. The third-order valence-corrected chi connectivity index (χ3v) is 2.71. The predicted molar refractivity (Wildman–Crippen MR) is 68.2 cm³/mol. The smallest absolute Gasteiger partial charge is 0.125 e. The summed E-state index contributed by atoms with van der Waals surface area (Å²) in [4.78, 5) is 0. The number of ether oxygens (including phenoxy) is 2. The van der Waals surface area contributed by atoms with Gasteiger partial charge in [0.25, 0.3) is 0 Å². The number of hydrogen-bond donors (Lipinski definition) is 2. The molecule has 2 N–H and O–H groups in total. The van der Waals surface area contributed by atoms with Gasteiger partial charge < -0.3 is 19.7 Å². The van der Waals surface area contributed by atoms with E-state index in [1.807, 2.05) is 6.07 Å². The van der Waals surface area contributed by atoms with Gasteiger partial charge in [-0.05, 0) is 25.1 Å². The van der Waals surface area contributed by atoms with Crippen molar-refractivity contribution in [3.63, 3.8) is 0 Å². The third kappa shape index (κ3) is 4.63. The number of halogens is 1. The normalized spacial score (nSPS) is 14.4. The average Bonchev–Trinajstić information content (AvgIpc) is 2.27. The van der Waals surface area contributed by atoms with E-state index in [-0.39, 0.29) is 13.2 Å². The Balaban J connectivity index is 2.70. The number of benzene rings is 1. The van der Waals surface area contributed by atoms with E-state index in [9.17, 15) is 10.2 Å². The van der Waals surface area contributed by atoms with E-state index in [2.05, 4.69) is 15.9 Å². The minimum absolute atomic E-state index is 0.134. The lowest BCUT2D eigenvalue weighted by Crippen LogP contribution is -2.23. The first kappa shape index (κ1) is 14.4. The van der Waals surface area contributed by atoms with Gasteiger partial charge >= 0.3 is 0 Å². The van der Waals surface area contributed by atoms with E-state index in [4.69, 9.17) is 9.47 Å². The van der Waals surface area contributed by atoms with Crippen LogP contribution in [-0.2, 0) is 4.74 Å². The molecule has 0 aromatic heterocycles. The van der Waals surface area contributed by atoms with Crippen LogP contribution in [0.4, 0.5) is 0 Å². The fourth-order valence-corrected chi connectivity index (χ4v) is 1.78. The van der Waals surface area contributed by atoms with E-state index in [0.29, 0.717) is 11.3 Å². The summed E-state index contributed by atoms with van der Waals surface area (Å²) >= 11 is 3.33. The van der Waals surface area contributed by atoms with Crippen LogP contribution in [0.1, 0.15) is 18.6 Å². The molecule has 0 saturated heterocycles. The molecule has 17 heavy (non-hydrogen) atoms. The van der Waals surface area contributed by atoms with Crippen molar-refractivity contribution in [2.45, 2.75) is 19.1 Å². The number of hydrogen-bond acceptors (Lipinski definition) is 4. The zero-order valence-electron chi connectivity index (χ0n) is 9.89. The molecule has 0 spiro atoms. The topological polar surface area (TPSA) is 58.9 Å². The maximum Gasteiger partial charge on any atom is 0.125 e. The summed E-state index contributed by atoms with van der Waals surface area (Å²) in [6, 6.07) is 5.37. The fourth-order valence-electron chi connectivity index (χ4n) is 1.40. The van der Waals surface area contributed by atoms with E-state index >= 15 is 0 Å². The monoisotopic (exact) mass is 304 g/mol. The number of methoxy groups -OCH3 is 1. The molecule has 0 radical (unpaired) electrons. The van der Waals surface area contributed by atoms with Gasteiger partial charge in [-0.1, -0.05) is 15.9 Å². The highest BCUT2D eigenvalue weighted by atomic mass is 79.9. The second kappa shape index (κ2) is 6.96. The Morgan fingerprint density at radius 3 is 2.59 bits per heavy atom. The van der Waals surface area contributed by atoms with Crippen LogP contribution in [0, 0.1) is 0 Å². The molecule has 1 aromatic rings. The van der Waals surface area contributed by atoms with E-state index in [1.165, 1.54) is 7.11 Å². The summed E-state index contributed by atoms with van der Waals surface area (Å²) in [5, 5.41) is 19.1. The Morgan fingerprint density at radius 2 is 2.00 bits per heavy atom. The lowest BCUT2D eigenvalue weighted by molar-refractivity contribution is 0.0316. The van der Waals surface area contributed by atoms with Crippen LogP contribution in [0.3, 0.4) is 0 Å². The molecular formula is C12H17BrO4. The summed E-state index contributed by atoms with van der Waals surface area (Å²) < 4.78 is 11.1. The molecule has 0 aliphatic carbocycles.